The molecule has 2 atom stereocenters. The average Bonchev–Trinajstić information content (AvgIpc) is 2.74. The molecule has 4 nitrogen and oxygen atoms in total. The summed E-state index contributed by atoms with van der Waals surface area (Å²) < 4.78 is 6.18. The lowest BCUT2D eigenvalue weighted by atomic mass is 9.76. The maximum Gasteiger partial charge on any atom is 0.192 e. The molecular formula is C17H25N3O. The van der Waals surface area contributed by atoms with Crippen LogP contribution in [0.5, 0.6) is 5.75 Å². The number of ether oxygens (including phenoxy) is 1. The van der Waals surface area contributed by atoms with Gasteiger partial charge in [0.1, 0.15) is 11.4 Å². The van der Waals surface area contributed by atoms with E-state index in [1.807, 2.05) is 6.07 Å². The highest BCUT2D eigenvalue weighted by atomic mass is 16.5. The van der Waals surface area contributed by atoms with Crippen molar-refractivity contribution in [2.24, 2.45) is 10.7 Å². The summed E-state index contributed by atoms with van der Waals surface area (Å²) in [7, 11) is 0. The molecule has 0 saturated carbocycles. The second kappa shape index (κ2) is 4.65. The van der Waals surface area contributed by atoms with Crippen molar-refractivity contribution in [2.45, 2.75) is 57.7 Å². The number of fused-ring (bicyclic) bond motifs is 2. The maximum atomic E-state index is 6.24. The number of hydrogen-bond acceptors (Lipinski definition) is 4. The van der Waals surface area contributed by atoms with Crippen molar-refractivity contribution in [3.63, 3.8) is 0 Å². The minimum Gasteiger partial charge on any atom is -0.487 e. The first-order valence-electron chi connectivity index (χ1n) is 7.77. The Balaban J connectivity index is 2.16. The molecule has 1 spiro atoms. The summed E-state index contributed by atoms with van der Waals surface area (Å²) in [6.07, 6.45) is 1.94. The highest BCUT2D eigenvalue weighted by molar-refractivity contribution is 5.82. The van der Waals surface area contributed by atoms with E-state index in [-0.39, 0.29) is 11.1 Å². The predicted octanol–water partition coefficient (Wildman–Crippen LogP) is 2.87. The molecule has 114 valence electrons. The summed E-state index contributed by atoms with van der Waals surface area (Å²) in [5.74, 6) is 1.63. The van der Waals surface area contributed by atoms with Crippen LogP contribution in [0.3, 0.4) is 0 Å². The van der Waals surface area contributed by atoms with E-state index >= 15 is 0 Å². The third-order valence-electron chi connectivity index (χ3n) is 4.74. The molecule has 2 N–H and O–H groups in total. The van der Waals surface area contributed by atoms with Crippen molar-refractivity contribution < 1.29 is 4.74 Å². The molecule has 0 aliphatic carbocycles. The van der Waals surface area contributed by atoms with E-state index in [1.165, 1.54) is 5.56 Å². The Labute approximate surface area is 127 Å². The fourth-order valence-electron chi connectivity index (χ4n) is 3.84. The van der Waals surface area contributed by atoms with Crippen LogP contribution in [0.2, 0.25) is 0 Å². The van der Waals surface area contributed by atoms with Crippen LogP contribution < -0.4 is 10.5 Å². The van der Waals surface area contributed by atoms with Gasteiger partial charge in [-0.1, -0.05) is 25.1 Å². The molecule has 2 unspecified atom stereocenters. The Morgan fingerprint density at radius 1 is 1.38 bits per heavy atom. The van der Waals surface area contributed by atoms with Crippen LogP contribution >= 0.6 is 0 Å². The molecule has 0 radical (unpaired) electrons. The minimum absolute atomic E-state index is 0.169. The van der Waals surface area contributed by atoms with E-state index in [9.17, 15) is 0 Å². The molecule has 2 aliphatic rings. The van der Waals surface area contributed by atoms with Gasteiger partial charge in [-0.05, 0) is 33.3 Å². The fourth-order valence-corrected chi connectivity index (χ4v) is 3.84. The van der Waals surface area contributed by atoms with E-state index in [2.05, 4.69) is 55.8 Å². The Morgan fingerprint density at radius 2 is 2.10 bits per heavy atom. The molecular weight excluding hydrogens is 262 g/mol. The first-order valence-corrected chi connectivity index (χ1v) is 7.77. The maximum absolute atomic E-state index is 6.24. The third-order valence-corrected chi connectivity index (χ3v) is 4.74. The van der Waals surface area contributed by atoms with Gasteiger partial charge in [0.2, 0.25) is 0 Å². The third kappa shape index (κ3) is 2.08. The average molecular weight is 287 g/mol. The number of nitrogens with zero attached hydrogens (tertiary/aromatic N) is 2. The van der Waals surface area contributed by atoms with Gasteiger partial charge in [-0.25, -0.2) is 0 Å². The second-order valence-corrected chi connectivity index (χ2v) is 6.87. The van der Waals surface area contributed by atoms with Gasteiger partial charge in [0.15, 0.2) is 5.96 Å². The first kappa shape index (κ1) is 14.2. The smallest absolute Gasteiger partial charge is 0.192 e. The van der Waals surface area contributed by atoms with Crippen LogP contribution in [-0.4, -0.2) is 29.0 Å². The van der Waals surface area contributed by atoms with E-state index in [1.54, 1.807) is 0 Å². The minimum atomic E-state index is -0.222. The Morgan fingerprint density at radius 3 is 2.81 bits per heavy atom. The summed E-state index contributed by atoms with van der Waals surface area (Å²) in [6, 6.07) is 8.68. The highest BCUT2D eigenvalue weighted by Crippen LogP contribution is 2.49. The Kier molecular flexibility index (Phi) is 3.15. The van der Waals surface area contributed by atoms with Crippen molar-refractivity contribution in [3.05, 3.63) is 29.8 Å². The number of hydrogen-bond donors (Lipinski definition) is 1. The monoisotopic (exact) mass is 287 g/mol. The number of nitrogens with two attached hydrogens (primary N) is 1. The molecule has 0 fully saturated rings. The largest absolute Gasteiger partial charge is 0.487 e. The zero-order valence-electron chi connectivity index (χ0n) is 13.4. The molecule has 0 saturated heterocycles. The van der Waals surface area contributed by atoms with Gasteiger partial charge in [-0.15, -0.1) is 0 Å². The van der Waals surface area contributed by atoms with Crippen molar-refractivity contribution in [1.29, 1.82) is 0 Å². The summed E-state index contributed by atoms with van der Waals surface area (Å²) in [6.45, 7) is 9.43. The molecule has 3 rings (SSSR count). The van der Waals surface area contributed by atoms with Crippen LogP contribution in [0.1, 0.15) is 46.1 Å². The quantitative estimate of drug-likeness (QED) is 0.910. The van der Waals surface area contributed by atoms with Crippen LogP contribution in [0.25, 0.3) is 0 Å². The van der Waals surface area contributed by atoms with Crippen LogP contribution in [-0.2, 0) is 5.54 Å². The second-order valence-electron chi connectivity index (χ2n) is 6.87. The lowest BCUT2D eigenvalue weighted by Crippen LogP contribution is -2.58. The van der Waals surface area contributed by atoms with Crippen LogP contribution in [0, 0.1) is 0 Å². The summed E-state index contributed by atoms with van der Waals surface area (Å²) in [5.41, 5.74) is 7.07. The predicted molar refractivity (Wildman–Crippen MR) is 85.5 cm³/mol. The SMILES string of the molecule is CCC(C)N1C(N)=NCC12CC(C)(C)Oc1ccccc12. The van der Waals surface area contributed by atoms with Crippen LogP contribution in [0.4, 0.5) is 0 Å². The van der Waals surface area contributed by atoms with Crippen molar-refractivity contribution >= 4 is 5.96 Å². The number of guanidine groups is 1. The molecule has 21 heavy (non-hydrogen) atoms. The van der Waals surface area contributed by atoms with E-state index < -0.39 is 0 Å². The van der Waals surface area contributed by atoms with Gasteiger partial charge < -0.3 is 15.4 Å². The Hall–Kier alpha value is -1.71. The Bertz CT molecular complexity index is 581. The standard InChI is InChI=1S/C17H25N3O/c1-5-12(2)20-15(18)19-11-17(20)10-16(3,4)21-14-9-7-6-8-13(14)17/h6-9,12H,5,10-11H2,1-4H3,(H2,18,19). The molecule has 4 heteroatoms. The van der Waals surface area contributed by atoms with Gasteiger partial charge in [0.05, 0.1) is 12.1 Å². The van der Waals surface area contributed by atoms with Gasteiger partial charge in [0.25, 0.3) is 0 Å². The molecule has 1 aromatic carbocycles. The number of para-hydroxylation sites is 1. The summed E-state index contributed by atoms with van der Waals surface area (Å²) in [5, 5.41) is 0. The molecule has 2 aliphatic heterocycles. The highest BCUT2D eigenvalue weighted by Gasteiger charge is 2.53. The lowest BCUT2D eigenvalue weighted by Gasteiger charge is -2.50. The van der Waals surface area contributed by atoms with Crippen molar-refractivity contribution in [1.82, 2.24) is 4.90 Å². The molecule has 0 bridgehead atoms. The zero-order valence-corrected chi connectivity index (χ0v) is 13.4. The van der Waals surface area contributed by atoms with Gasteiger partial charge in [0, 0.05) is 18.0 Å². The van der Waals surface area contributed by atoms with Crippen molar-refractivity contribution in [2.75, 3.05) is 6.54 Å². The number of aliphatic imine (C=N–C) groups is 1. The number of benzene rings is 1. The fraction of sp³-hybridized carbons (Fsp3) is 0.588. The van der Waals surface area contributed by atoms with Crippen LogP contribution in [0.15, 0.2) is 29.3 Å². The van der Waals surface area contributed by atoms with Gasteiger partial charge >= 0.3 is 0 Å². The summed E-state index contributed by atoms with van der Waals surface area (Å²) >= 11 is 0. The zero-order chi connectivity index (χ0) is 15.3. The molecule has 0 aromatic heterocycles. The normalized spacial score (nSPS) is 28.0. The van der Waals surface area contributed by atoms with E-state index in [0.717, 1.165) is 18.6 Å². The van der Waals surface area contributed by atoms with E-state index in [4.69, 9.17) is 10.5 Å². The van der Waals surface area contributed by atoms with E-state index in [0.29, 0.717) is 18.5 Å². The number of rotatable bonds is 2. The topological polar surface area (TPSA) is 50.8 Å². The molecule has 2 heterocycles. The van der Waals surface area contributed by atoms with Gasteiger partial charge in [-0.2, -0.15) is 0 Å². The first-order chi connectivity index (χ1) is 9.89. The lowest BCUT2D eigenvalue weighted by molar-refractivity contribution is -0.00208. The molecule has 1 aromatic rings. The van der Waals surface area contributed by atoms with Crippen molar-refractivity contribution in [3.8, 4) is 5.75 Å². The molecule has 0 amide bonds. The van der Waals surface area contributed by atoms with Gasteiger partial charge in [-0.3, -0.25) is 4.99 Å². The summed E-state index contributed by atoms with van der Waals surface area (Å²) in [4.78, 5) is 6.91.